The van der Waals surface area contributed by atoms with E-state index in [1.165, 1.54) is 20.8 Å². The van der Waals surface area contributed by atoms with Gasteiger partial charge in [-0.25, -0.2) is 0 Å². The molecule has 0 bridgehead atoms. The van der Waals surface area contributed by atoms with Gasteiger partial charge in [0.15, 0.2) is 5.60 Å². The molecule has 4 nitrogen and oxygen atoms in total. The molecule has 0 heterocycles. The Hall–Kier alpha value is -0.820. The van der Waals surface area contributed by atoms with Crippen LogP contribution in [-0.4, -0.2) is 40.2 Å². The summed E-state index contributed by atoms with van der Waals surface area (Å²) in [4.78, 5) is 11.2. The number of esters is 1. The molecule has 0 saturated heterocycles. The Morgan fingerprint density at radius 2 is 1.71 bits per heavy atom. The lowest BCUT2D eigenvalue weighted by atomic mass is 9.95. The third kappa shape index (κ3) is 5.36. The number of hydrogen-bond donors (Lipinski definition) is 2. The van der Waals surface area contributed by atoms with E-state index in [9.17, 15) is 23.1 Å². The van der Waals surface area contributed by atoms with E-state index in [2.05, 4.69) is 0 Å². The maximum atomic E-state index is 12.5. The number of carbonyl (C=O) groups excluding carboxylic acids is 1. The number of aliphatic hydroxyl groups excluding tert-OH is 1. The van der Waals surface area contributed by atoms with Crippen molar-refractivity contribution in [3.63, 3.8) is 0 Å². The Morgan fingerprint density at radius 1 is 1.24 bits per heavy atom. The monoisotopic (exact) mass is 258 g/mol. The van der Waals surface area contributed by atoms with E-state index in [0.29, 0.717) is 0 Å². The lowest BCUT2D eigenvalue weighted by molar-refractivity contribution is -0.268. The summed E-state index contributed by atoms with van der Waals surface area (Å²) in [6, 6.07) is 0. The molecule has 2 N–H and O–H groups in total. The third-order valence-electron chi connectivity index (χ3n) is 1.91. The SMILES string of the molecule is CC(C)(C)OC(=O)CC(O)(CCO)C(F)(F)F. The molecule has 0 saturated carbocycles. The van der Waals surface area contributed by atoms with Crippen molar-refractivity contribution in [1.82, 2.24) is 0 Å². The summed E-state index contributed by atoms with van der Waals surface area (Å²) >= 11 is 0. The fraction of sp³-hybridized carbons (Fsp3) is 0.900. The second-order valence-electron chi connectivity index (χ2n) is 4.77. The highest BCUT2D eigenvalue weighted by atomic mass is 19.4. The standard InChI is InChI=1S/C10H17F3O4/c1-8(2,3)17-7(15)6-9(16,4-5-14)10(11,12)13/h14,16H,4-6H2,1-3H3. The summed E-state index contributed by atoms with van der Waals surface area (Å²) in [5.74, 6) is -1.16. The topological polar surface area (TPSA) is 66.8 Å². The molecule has 0 radical (unpaired) electrons. The predicted octanol–water partition coefficient (Wildman–Crippen LogP) is 1.39. The van der Waals surface area contributed by atoms with Gasteiger partial charge in [0.05, 0.1) is 6.42 Å². The van der Waals surface area contributed by atoms with Crippen LogP contribution < -0.4 is 0 Å². The van der Waals surface area contributed by atoms with Crippen molar-refractivity contribution in [3.8, 4) is 0 Å². The molecule has 7 heteroatoms. The molecule has 0 fully saturated rings. The van der Waals surface area contributed by atoms with Crippen molar-refractivity contribution in [2.45, 2.75) is 51.0 Å². The highest BCUT2D eigenvalue weighted by molar-refractivity contribution is 5.71. The van der Waals surface area contributed by atoms with Crippen LogP contribution in [0.1, 0.15) is 33.6 Å². The Kier molecular flexibility index (Phi) is 4.97. The first-order valence-electron chi connectivity index (χ1n) is 5.03. The number of alkyl halides is 3. The summed E-state index contributed by atoms with van der Waals surface area (Å²) in [5, 5.41) is 17.8. The lowest BCUT2D eigenvalue weighted by Crippen LogP contribution is -2.48. The van der Waals surface area contributed by atoms with Gasteiger partial charge in [0.25, 0.3) is 0 Å². The number of ether oxygens (including phenoxy) is 1. The Bertz CT molecular complexity index is 270. The van der Waals surface area contributed by atoms with Crippen LogP contribution in [0.15, 0.2) is 0 Å². The van der Waals surface area contributed by atoms with Gasteiger partial charge in [0.1, 0.15) is 5.60 Å². The summed E-state index contributed by atoms with van der Waals surface area (Å²) in [6.45, 7) is 3.63. The summed E-state index contributed by atoms with van der Waals surface area (Å²) in [5.41, 5.74) is -4.17. The van der Waals surface area contributed by atoms with Gasteiger partial charge in [-0.15, -0.1) is 0 Å². The summed E-state index contributed by atoms with van der Waals surface area (Å²) < 4.78 is 42.2. The molecule has 1 atom stereocenters. The molecule has 0 aliphatic carbocycles. The lowest BCUT2D eigenvalue weighted by Gasteiger charge is -2.30. The van der Waals surface area contributed by atoms with Crippen LogP contribution in [-0.2, 0) is 9.53 Å². The molecule has 1 unspecified atom stereocenters. The van der Waals surface area contributed by atoms with Gasteiger partial charge in [0.2, 0.25) is 0 Å². The Labute approximate surface area is 97.4 Å². The molecule has 0 aliphatic heterocycles. The number of rotatable bonds is 4. The largest absolute Gasteiger partial charge is 0.460 e. The highest BCUT2D eigenvalue weighted by Crippen LogP contribution is 2.36. The zero-order valence-electron chi connectivity index (χ0n) is 9.97. The van der Waals surface area contributed by atoms with E-state index < -0.39 is 42.8 Å². The van der Waals surface area contributed by atoms with Gasteiger partial charge >= 0.3 is 12.1 Å². The zero-order valence-corrected chi connectivity index (χ0v) is 9.97. The molecular weight excluding hydrogens is 241 g/mol. The number of halogens is 3. The van der Waals surface area contributed by atoms with Crippen molar-refractivity contribution in [2.75, 3.05) is 6.61 Å². The predicted molar refractivity (Wildman–Crippen MR) is 53.2 cm³/mol. The van der Waals surface area contributed by atoms with Gasteiger partial charge in [-0.2, -0.15) is 13.2 Å². The van der Waals surface area contributed by atoms with Gasteiger partial charge in [-0.05, 0) is 20.8 Å². The van der Waals surface area contributed by atoms with E-state index in [-0.39, 0.29) is 0 Å². The molecule has 0 aliphatic rings. The molecule has 0 spiro atoms. The van der Waals surface area contributed by atoms with Gasteiger partial charge < -0.3 is 14.9 Å². The number of aliphatic hydroxyl groups is 2. The minimum atomic E-state index is -4.99. The number of hydrogen-bond acceptors (Lipinski definition) is 4. The van der Waals surface area contributed by atoms with Crippen molar-refractivity contribution >= 4 is 5.97 Å². The molecule has 0 aromatic rings. The maximum absolute atomic E-state index is 12.5. The first-order valence-corrected chi connectivity index (χ1v) is 5.03. The molecule has 0 rings (SSSR count). The fourth-order valence-corrected chi connectivity index (χ4v) is 1.13. The third-order valence-corrected chi connectivity index (χ3v) is 1.91. The molecule has 0 aromatic carbocycles. The first kappa shape index (κ1) is 16.2. The van der Waals surface area contributed by atoms with Gasteiger partial charge in [0, 0.05) is 13.0 Å². The van der Waals surface area contributed by atoms with Crippen molar-refractivity contribution < 1.29 is 32.9 Å². The molecular formula is C10H17F3O4. The minimum absolute atomic E-state index is 0.876. The van der Waals surface area contributed by atoms with Crippen LogP contribution in [0.25, 0.3) is 0 Å². The van der Waals surface area contributed by atoms with Crippen molar-refractivity contribution in [2.24, 2.45) is 0 Å². The van der Waals surface area contributed by atoms with E-state index in [1.54, 1.807) is 0 Å². The smallest absolute Gasteiger partial charge is 0.417 e. The van der Waals surface area contributed by atoms with Crippen LogP contribution in [0.2, 0.25) is 0 Å². The molecule has 0 amide bonds. The average molecular weight is 258 g/mol. The second-order valence-corrected chi connectivity index (χ2v) is 4.77. The van der Waals surface area contributed by atoms with E-state index in [0.717, 1.165) is 0 Å². The second kappa shape index (κ2) is 5.22. The quantitative estimate of drug-likeness (QED) is 0.748. The van der Waals surface area contributed by atoms with Crippen molar-refractivity contribution in [1.29, 1.82) is 0 Å². The Balaban J connectivity index is 4.73. The van der Waals surface area contributed by atoms with Crippen LogP contribution >= 0.6 is 0 Å². The molecule has 17 heavy (non-hydrogen) atoms. The van der Waals surface area contributed by atoms with E-state index >= 15 is 0 Å². The van der Waals surface area contributed by atoms with Crippen LogP contribution in [0, 0.1) is 0 Å². The van der Waals surface area contributed by atoms with Crippen LogP contribution in [0.3, 0.4) is 0 Å². The summed E-state index contributed by atoms with van der Waals surface area (Å²) in [7, 11) is 0. The summed E-state index contributed by atoms with van der Waals surface area (Å²) in [6.07, 6.45) is -7.18. The normalized spacial score (nSPS) is 16.5. The van der Waals surface area contributed by atoms with Crippen LogP contribution in [0.4, 0.5) is 13.2 Å². The average Bonchev–Trinajstić information content (AvgIpc) is 1.97. The molecule has 102 valence electrons. The molecule has 0 aromatic heterocycles. The van der Waals surface area contributed by atoms with Crippen LogP contribution in [0.5, 0.6) is 0 Å². The van der Waals surface area contributed by atoms with Gasteiger partial charge in [-0.1, -0.05) is 0 Å². The minimum Gasteiger partial charge on any atom is -0.460 e. The Morgan fingerprint density at radius 3 is 2.00 bits per heavy atom. The number of carbonyl (C=O) groups is 1. The first-order chi connectivity index (χ1) is 7.41. The van der Waals surface area contributed by atoms with Gasteiger partial charge in [-0.3, -0.25) is 4.79 Å². The zero-order chi connectivity index (χ0) is 13.9. The van der Waals surface area contributed by atoms with Crippen molar-refractivity contribution in [3.05, 3.63) is 0 Å². The van der Waals surface area contributed by atoms with E-state index in [4.69, 9.17) is 9.84 Å². The van der Waals surface area contributed by atoms with E-state index in [1.807, 2.05) is 0 Å². The fourth-order valence-electron chi connectivity index (χ4n) is 1.13. The maximum Gasteiger partial charge on any atom is 0.417 e. The highest BCUT2D eigenvalue weighted by Gasteiger charge is 2.54.